The Bertz CT molecular complexity index is 4100. The zero-order valence-corrected chi connectivity index (χ0v) is 41.6. The molecule has 0 unspecified atom stereocenters. The molecule has 2 aliphatic rings. The quantitative estimate of drug-likeness (QED) is 0.128. The molecule has 0 amide bonds. The monoisotopic (exact) mass is 942 g/mol. The van der Waals surface area contributed by atoms with Crippen molar-refractivity contribution in [3.8, 4) is 61.8 Å². The number of benzene rings is 9. The normalized spacial score (nSPS) is 14.2. The predicted octanol–water partition coefficient (Wildman–Crippen LogP) is 13.5. The van der Waals surface area contributed by atoms with E-state index < -0.39 is 13.5 Å². The molecule has 1 aliphatic heterocycles. The minimum Gasteiger partial charge on any atom is -0.457 e. The van der Waals surface area contributed by atoms with Gasteiger partial charge in [-0.3, -0.25) is 14.0 Å². The number of pyridine rings is 1. The van der Waals surface area contributed by atoms with Crippen molar-refractivity contribution in [2.24, 2.45) is 0 Å². The molecule has 0 fully saturated rings. The lowest BCUT2D eigenvalue weighted by Crippen LogP contribution is -2.75. The van der Waals surface area contributed by atoms with Crippen molar-refractivity contribution >= 4 is 56.7 Å². The van der Waals surface area contributed by atoms with Crippen LogP contribution in [0.3, 0.4) is 0 Å². The average molecular weight is 943 g/mol. The van der Waals surface area contributed by atoms with Gasteiger partial charge in [0.15, 0.2) is 8.07 Å². The summed E-state index contributed by atoms with van der Waals surface area (Å²) in [5, 5.41) is 4.95. The van der Waals surface area contributed by atoms with Crippen LogP contribution < -0.4 is 25.5 Å². The van der Waals surface area contributed by atoms with E-state index in [-0.39, 0.29) is 5.41 Å². The van der Waals surface area contributed by atoms with Gasteiger partial charge in [-0.15, -0.1) is 0 Å². The van der Waals surface area contributed by atoms with Crippen LogP contribution in [-0.4, -0.2) is 27.0 Å². The van der Waals surface area contributed by atoms with Gasteiger partial charge < -0.3 is 4.74 Å². The van der Waals surface area contributed by atoms with E-state index in [4.69, 9.17) is 14.7 Å². The van der Waals surface area contributed by atoms with Crippen LogP contribution in [0, 0.1) is 0 Å². The Morgan fingerprint density at radius 1 is 0.431 bits per heavy atom. The van der Waals surface area contributed by atoms with Gasteiger partial charge in [-0.2, -0.15) is 0 Å². The lowest BCUT2D eigenvalue weighted by Gasteiger charge is -2.42. The molecule has 3 aromatic heterocycles. The van der Waals surface area contributed by atoms with Crippen LogP contribution in [0.4, 0.5) is 0 Å². The van der Waals surface area contributed by atoms with Crippen LogP contribution in [0.15, 0.2) is 231 Å². The molecule has 0 radical (unpaired) electrons. The van der Waals surface area contributed by atoms with E-state index in [9.17, 15) is 0 Å². The fraction of sp³-hybridized carbons (Fsp3) is 0.0909. The third kappa shape index (κ3) is 5.87. The molecule has 9 aromatic carbocycles. The summed E-state index contributed by atoms with van der Waals surface area (Å²) in [6, 6.07) is 82.8. The number of para-hydroxylation sites is 5. The highest BCUT2D eigenvalue weighted by molar-refractivity contribution is 7.20. The van der Waals surface area contributed by atoms with E-state index in [0.29, 0.717) is 0 Å². The maximum Gasteiger partial charge on any atom is 0.220 e. The highest BCUT2D eigenvalue weighted by atomic mass is 28.3. The topological polar surface area (TPSA) is 44.4 Å². The van der Waals surface area contributed by atoms with Gasteiger partial charge in [0.2, 0.25) is 5.78 Å². The fourth-order valence-corrected chi connectivity index (χ4v) is 17.3. The second-order valence-electron chi connectivity index (χ2n) is 20.5. The number of nitrogens with zero attached hydrogens (tertiary/aromatic N) is 4. The molecule has 72 heavy (non-hydrogen) atoms. The molecular weight excluding hydrogens is 893 g/mol. The Morgan fingerprint density at radius 3 is 1.72 bits per heavy atom. The van der Waals surface area contributed by atoms with E-state index in [0.717, 1.165) is 78.5 Å². The first-order valence-corrected chi connectivity index (χ1v) is 27.0. The standard InChI is InChI=1S/C66H50N4OSi/c1-65(2)54-31-15-20-36-60(54)71-63-55(66(65,3)4)40-43(69-58-34-18-19-35-59(58)70-57-33-17-16-32-56(57)68-64(69)70)41-61(63)72(44-22-7-5-8-23-44,45-24-9-6-10-25-45)46-37-38-50-48-27-13-14-29-51(48)62-52(30-21-39-67-62)47-26-11-12-28-49(47)53(50)42-46/h5-42H,1-4H3. The van der Waals surface area contributed by atoms with E-state index in [1.807, 2.05) is 6.20 Å². The van der Waals surface area contributed by atoms with Gasteiger partial charge in [0.05, 0.1) is 27.8 Å². The van der Waals surface area contributed by atoms with Gasteiger partial charge in [0, 0.05) is 45.0 Å². The third-order valence-corrected chi connectivity index (χ3v) is 21.3. The minimum atomic E-state index is -3.49. The van der Waals surface area contributed by atoms with Crippen molar-refractivity contribution in [3.05, 3.63) is 242 Å². The summed E-state index contributed by atoms with van der Waals surface area (Å²) in [4.78, 5) is 10.5. The van der Waals surface area contributed by atoms with Crippen molar-refractivity contribution in [3.63, 3.8) is 0 Å². The number of hydrogen-bond donors (Lipinski definition) is 0. The van der Waals surface area contributed by atoms with Crippen molar-refractivity contribution in [2.75, 3.05) is 0 Å². The largest absolute Gasteiger partial charge is 0.457 e. The molecule has 4 heterocycles. The average Bonchev–Trinajstić information content (AvgIpc) is 3.94. The van der Waals surface area contributed by atoms with Gasteiger partial charge >= 0.3 is 0 Å². The van der Waals surface area contributed by atoms with Crippen LogP contribution in [0.25, 0.3) is 78.2 Å². The molecule has 0 N–H and O–H groups in total. The molecule has 0 saturated heterocycles. The number of hydrogen-bond acceptors (Lipinski definition) is 3. The Balaban J connectivity index is 1.17. The van der Waals surface area contributed by atoms with Crippen molar-refractivity contribution in [1.82, 2.24) is 18.9 Å². The Hall–Kier alpha value is -8.58. The Labute approximate surface area is 420 Å². The number of imidazole rings is 2. The minimum absolute atomic E-state index is 0.352. The molecule has 0 spiro atoms. The lowest BCUT2D eigenvalue weighted by molar-refractivity contribution is 0.306. The first-order chi connectivity index (χ1) is 35.2. The SMILES string of the molecule is CC1(C)c2ccccc2Oc2c(cc(-n3c4ccccc4n4c5ccccc5nc34)cc2[Si](c2ccccc2)(c2ccccc2)c2ccc3c(c2)-c2ccccc2-c2cccnc2-c2ccccc2-3)C1(C)C. The molecule has 14 rings (SSSR count). The summed E-state index contributed by atoms with van der Waals surface area (Å²) in [6.45, 7) is 9.61. The van der Waals surface area contributed by atoms with Gasteiger partial charge in [-0.1, -0.05) is 204 Å². The number of aromatic nitrogens is 4. The summed E-state index contributed by atoms with van der Waals surface area (Å²) in [5.74, 6) is 2.67. The first-order valence-electron chi connectivity index (χ1n) is 25.0. The van der Waals surface area contributed by atoms with E-state index in [1.54, 1.807) is 0 Å². The molecule has 0 saturated carbocycles. The summed E-state index contributed by atoms with van der Waals surface area (Å²) < 4.78 is 12.5. The molecule has 12 aromatic rings. The highest BCUT2D eigenvalue weighted by Crippen LogP contribution is 2.54. The second kappa shape index (κ2) is 15.7. The van der Waals surface area contributed by atoms with Crippen LogP contribution in [0.5, 0.6) is 11.5 Å². The zero-order valence-electron chi connectivity index (χ0n) is 40.6. The van der Waals surface area contributed by atoms with Crippen LogP contribution in [-0.2, 0) is 10.8 Å². The zero-order chi connectivity index (χ0) is 48.3. The second-order valence-corrected chi connectivity index (χ2v) is 24.3. The van der Waals surface area contributed by atoms with Crippen molar-refractivity contribution in [2.45, 2.75) is 38.5 Å². The van der Waals surface area contributed by atoms with E-state index >= 15 is 0 Å². The van der Waals surface area contributed by atoms with E-state index in [1.165, 1.54) is 43.0 Å². The van der Waals surface area contributed by atoms with Gasteiger partial charge in [-0.25, -0.2) is 4.98 Å². The highest BCUT2D eigenvalue weighted by Gasteiger charge is 2.51. The maximum atomic E-state index is 7.76. The maximum absolute atomic E-state index is 7.76. The predicted molar refractivity (Wildman–Crippen MR) is 299 cm³/mol. The van der Waals surface area contributed by atoms with Crippen LogP contribution in [0.2, 0.25) is 0 Å². The Kier molecular flexibility index (Phi) is 9.23. The molecule has 344 valence electrons. The van der Waals surface area contributed by atoms with Crippen molar-refractivity contribution < 1.29 is 4.74 Å². The Morgan fingerprint density at radius 2 is 0.986 bits per heavy atom. The first kappa shape index (κ1) is 42.3. The summed E-state index contributed by atoms with van der Waals surface area (Å²) in [6.07, 6.45) is 1.92. The van der Waals surface area contributed by atoms with E-state index in [2.05, 4.69) is 261 Å². The smallest absolute Gasteiger partial charge is 0.220 e. The van der Waals surface area contributed by atoms with Crippen molar-refractivity contribution in [1.29, 1.82) is 0 Å². The lowest BCUT2D eigenvalue weighted by atomic mass is 9.61. The van der Waals surface area contributed by atoms with Gasteiger partial charge in [0.25, 0.3) is 0 Å². The summed E-state index contributed by atoms with van der Waals surface area (Å²) >= 11 is 0. The number of ether oxygens (including phenoxy) is 1. The third-order valence-electron chi connectivity index (χ3n) is 16.5. The molecular formula is C66H50N4OSi. The molecule has 1 aliphatic carbocycles. The summed E-state index contributed by atoms with van der Waals surface area (Å²) in [5.41, 5.74) is 15.9. The molecule has 6 heteroatoms. The van der Waals surface area contributed by atoms with Crippen LogP contribution in [0.1, 0.15) is 38.8 Å². The summed E-state index contributed by atoms with van der Waals surface area (Å²) in [7, 11) is -3.49. The molecule has 5 nitrogen and oxygen atoms in total. The fourth-order valence-electron chi connectivity index (χ4n) is 12.3. The molecule has 0 atom stereocenters. The molecule has 0 bridgehead atoms. The van der Waals surface area contributed by atoms with Gasteiger partial charge in [-0.05, 0) is 97.1 Å². The van der Waals surface area contributed by atoms with Crippen LogP contribution >= 0.6 is 0 Å². The number of rotatable bonds is 5. The van der Waals surface area contributed by atoms with Gasteiger partial charge in [0.1, 0.15) is 11.5 Å². The number of fused-ring (bicyclic) bond motifs is 15.